The van der Waals surface area contributed by atoms with E-state index in [0.29, 0.717) is 6.61 Å². The largest absolute Gasteiger partial charge is 0.488 e. The molecule has 0 aliphatic heterocycles. The van der Waals surface area contributed by atoms with E-state index in [-0.39, 0.29) is 6.10 Å². The standard InChI is InChI=1S/C12H17NO3/c1-9-6-12(16-10(2)8-15-3)5-4-11(9)7-13-14/h4-7,10,14H,8H2,1-3H3. The molecule has 1 atom stereocenters. The molecule has 0 amide bonds. The number of hydrogen-bond acceptors (Lipinski definition) is 4. The predicted octanol–water partition coefficient (Wildman–Crippen LogP) is 2.22. The maximum absolute atomic E-state index is 8.45. The summed E-state index contributed by atoms with van der Waals surface area (Å²) in [6.07, 6.45) is 1.42. The van der Waals surface area contributed by atoms with E-state index in [1.807, 2.05) is 32.0 Å². The maximum Gasteiger partial charge on any atom is 0.120 e. The summed E-state index contributed by atoms with van der Waals surface area (Å²) in [4.78, 5) is 0. The van der Waals surface area contributed by atoms with Gasteiger partial charge in [-0.25, -0.2) is 0 Å². The molecule has 1 unspecified atom stereocenters. The van der Waals surface area contributed by atoms with Crippen LogP contribution in [0.1, 0.15) is 18.1 Å². The first-order valence-corrected chi connectivity index (χ1v) is 5.11. The topological polar surface area (TPSA) is 51.0 Å². The number of ether oxygens (including phenoxy) is 2. The van der Waals surface area contributed by atoms with Crippen molar-refractivity contribution >= 4 is 6.21 Å². The molecule has 0 saturated heterocycles. The van der Waals surface area contributed by atoms with Gasteiger partial charge in [0.05, 0.1) is 12.8 Å². The number of rotatable bonds is 5. The predicted molar refractivity (Wildman–Crippen MR) is 62.5 cm³/mol. The fourth-order valence-electron chi connectivity index (χ4n) is 1.43. The molecule has 0 fully saturated rings. The second kappa shape index (κ2) is 6.12. The molecule has 0 aliphatic rings. The quantitative estimate of drug-likeness (QED) is 0.473. The monoisotopic (exact) mass is 223 g/mol. The highest BCUT2D eigenvalue weighted by atomic mass is 16.5. The first-order valence-electron chi connectivity index (χ1n) is 5.11. The number of benzene rings is 1. The molecule has 1 rings (SSSR count). The molecule has 1 N–H and O–H groups in total. The van der Waals surface area contributed by atoms with Gasteiger partial charge in [-0.1, -0.05) is 5.16 Å². The summed E-state index contributed by atoms with van der Waals surface area (Å²) in [6, 6.07) is 5.60. The number of methoxy groups -OCH3 is 1. The van der Waals surface area contributed by atoms with Gasteiger partial charge in [0, 0.05) is 7.11 Å². The van der Waals surface area contributed by atoms with E-state index in [1.165, 1.54) is 6.21 Å². The van der Waals surface area contributed by atoms with Gasteiger partial charge in [-0.3, -0.25) is 0 Å². The van der Waals surface area contributed by atoms with Gasteiger partial charge >= 0.3 is 0 Å². The van der Waals surface area contributed by atoms with Crippen LogP contribution in [0.5, 0.6) is 5.75 Å². The van der Waals surface area contributed by atoms with Gasteiger partial charge in [0.25, 0.3) is 0 Å². The summed E-state index contributed by atoms with van der Waals surface area (Å²) < 4.78 is 10.6. The minimum absolute atomic E-state index is 0.0155. The van der Waals surface area contributed by atoms with Gasteiger partial charge in [0.2, 0.25) is 0 Å². The molecule has 4 heteroatoms. The van der Waals surface area contributed by atoms with Crippen LogP contribution in [-0.4, -0.2) is 31.2 Å². The highest BCUT2D eigenvalue weighted by Gasteiger charge is 2.04. The Morgan fingerprint density at radius 1 is 1.50 bits per heavy atom. The smallest absolute Gasteiger partial charge is 0.120 e. The zero-order valence-electron chi connectivity index (χ0n) is 9.80. The molecule has 4 nitrogen and oxygen atoms in total. The highest BCUT2D eigenvalue weighted by molar-refractivity contribution is 5.81. The number of aryl methyl sites for hydroxylation is 1. The van der Waals surface area contributed by atoms with E-state index < -0.39 is 0 Å². The van der Waals surface area contributed by atoms with Gasteiger partial charge in [0.1, 0.15) is 11.9 Å². The molecule has 0 radical (unpaired) electrons. The molecule has 88 valence electrons. The molecule has 0 spiro atoms. The Morgan fingerprint density at radius 2 is 2.25 bits per heavy atom. The minimum atomic E-state index is 0.0155. The Morgan fingerprint density at radius 3 is 2.81 bits per heavy atom. The second-order valence-corrected chi connectivity index (χ2v) is 3.65. The molecule has 1 aromatic rings. The molecule has 1 aromatic carbocycles. The fraction of sp³-hybridized carbons (Fsp3) is 0.417. The van der Waals surface area contributed by atoms with Crippen LogP contribution in [0, 0.1) is 6.92 Å². The van der Waals surface area contributed by atoms with Crippen LogP contribution in [0.15, 0.2) is 23.4 Å². The average Bonchev–Trinajstić information content (AvgIpc) is 2.22. The number of oxime groups is 1. The Labute approximate surface area is 95.5 Å². The summed E-state index contributed by atoms with van der Waals surface area (Å²) in [5, 5.41) is 11.5. The normalized spacial score (nSPS) is 12.9. The van der Waals surface area contributed by atoms with Crippen molar-refractivity contribution in [3.8, 4) is 5.75 Å². The molecular weight excluding hydrogens is 206 g/mol. The van der Waals surface area contributed by atoms with Crippen molar-refractivity contribution in [1.82, 2.24) is 0 Å². The van der Waals surface area contributed by atoms with E-state index in [1.54, 1.807) is 7.11 Å². The van der Waals surface area contributed by atoms with Crippen LogP contribution in [0.3, 0.4) is 0 Å². The van der Waals surface area contributed by atoms with Crippen LogP contribution in [0.4, 0.5) is 0 Å². The van der Waals surface area contributed by atoms with Crippen LogP contribution in [0.2, 0.25) is 0 Å². The Hall–Kier alpha value is -1.55. The third-order valence-corrected chi connectivity index (χ3v) is 2.18. The molecule has 0 bridgehead atoms. The van der Waals surface area contributed by atoms with Crippen LogP contribution >= 0.6 is 0 Å². The maximum atomic E-state index is 8.45. The average molecular weight is 223 g/mol. The highest BCUT2D eigenvalue weighted by Crippen LogP contribution is 2.17. The van der Waals surface area contributed by atoms with E-state index in [4.69, 9.17) is 14.7 Å². The first kappa shape index (κ1) is 12.5. The lowest BCUT2D eigenvalue weighted by molar-refractivity contribution is 0.0920. The Balaban J connectivity index is 2.73. The number of hydrogen-bond donors (Lipinski definition) is 1. The first-order chi connectivity index (χ1) is 7.67. The Bertz CT molecular complexity index is 363. The van der Waals surface area contributed by atoms with Crippen molar-refractivity contribution in [2.45, 2.75) is 20.0 Å². The van der Waals surface area contributed by atoms with Gasteiger partial charge < -0.3 is 14.7 Å². The summed E-state index contributed by atoms with van der Waals surface area (Å²) in [7, 11) is 1.64. The summed E-state index contributed by atoms with van der Waals surface area (Å²) >= 11 is 0. The second-order valence-electron chi connectivity index (χ2n) is 3.65. The van der Waals surface area contributed by atoms with Crippen molar-refractivity contribution in [3.05, 3.63) is 29.3 Å². The summed E-state index contributed by atoms with van der Waals surface area (Å²) in [6.45, 7) is 4.44. The molecule has 0 saturated carbocycles. The van der Waals surface area contributed by atoms with E-state index in [2.05, 4.69) is 5.16 Å². The lowest BCUT2D eigenvalue weighted by atomic mass is 10.1. The fourth-order valence-corrected chi connectivity index (χ4v) is 1.43. The van der Waals surface area contributed by atoms with E-state index in [9.17, 15) is 0 Å². The minimum Gasteiger partial charge on any atom is -0.488 e. The van der Waals surface area contributed by atoms with Crippen molar-refractivity contribution in [3.63, 3.8) is 0 Å². The van der Waals surface area contributed by atoms with Crippen molar-refractivity contribution < 1.29 is 14.7 Å². The SMILES string of the molecule is COCC(C)Oc1ccc(C=NO)c(C)c1. The third kappa shape index (κ3) is 3.55. The molecular formula is C12H17NO3. The van der Waals surface area contributed by atoms with E-state index >= 15 is 0 Å². The van der Waals surface area contributed by atoms with Gasteiger partial charge in [-0.2, -0.15) is 0 Å². The lowest BCUT2D eigenvalue weighted by Crippen LogP contribution is -2.17. The van der Waals surface area contributed by atoms with Crippen LogP contribution < -0.4 is 4.74 Å². The van der Waals surface area contributed by atoms with Crippen molar-refractivity contribution in [1.29, 1.82) is 0 Å². The zero-order valence-corrected chi connectivity index (χ0v) is 9.80. The van der Waals surface area contributed by atoms with Crippen molar-refractivity contribution in [2.24, 2.45) is 5.16 Å². The number of nitrogens with zero attached hydrogens (tertiary/aromatic N) is 1. The van der Waals surface area contributed by atoms with Gasteiger partial charge in [-0.05, 0) is 43.2 Å². The summed E-state index contributed by atoms with van der Waals surface area (Å²) in [5.41, 5.74) is 1.87. The van der Waals surface area contributed by atoms with Crippen LogP contribution in [-0.2, 0) is 4.74 Å². The third-order valence-electron chi connectivity index (χ3n) is 2.18. The van der Waals surface area contributed by atoms with Gasteiger partial charge in [-0.15, -0.1) is 0 Å². The van der Waals surface area contributed by atoms with Gasteiger partial charge in [0.15, 0.2) is 0 Å². The molecule has 16 heavy (non-hydrogen) atoms. The van der Waals surface area contributed by atoms with Crippen molar-refractivity contribution in [2.75, 3.05) is 13.7 Å². The lowest BCUT2D eigenvalue weighted by Gasteiger charge is -2.14. The Kier molecular flexibility index (Phi) is 4.79. The molecule has 0 aromatic heterocycles. The zero-order chi connectivity index (χ0) is 12.0. The molecule has 0 aliphatic carbocycles. The molecule has 0 heterocycles. The van der Waals surface area contributed by atoms with E-state index in [0.717, 1.165) is 16.9 Å². The summed E-state index contributed by atoms with van der Waals surface area (Å²) in [5.74, 6) is 0.789. The van der Waals surface area contributed by atoms with Crippen LogP contribution in [0.25, 0.3) is 0 Å².